The molecule has 0 aliphatic heterocycles. The standard InChI is InChI=1S/C16H15Cl2NO/c1-11(12-3-5-14(17)6-4-12)19(2)16-8-7-15(18)9-13(16)10-20/h3-11H,1-2H3. The third-order valence-corrected chi connectivity index (χ3v) is 3.92. The summed E-state index contributed by atoms with van der Waals surface area (Å²) in [4.78, 5) is 13.2. The van der Waals surface area contributed by atoms with Gasteiger partial charge in [0, 0.05) is 28.3 Å². The van der Waals surface area contributed by atoms with Crippen LogP contribution in [0.3, 0.4) is 0 Å². The average Bonchev–Trinajstić information content (AvgIpc) is 2.46. The topological polar surface area (TPSA) is 20.3 Å². The highest BCUT2D eigenvalue weighted by Gasteiger charge is 2.15. The Bertz CT molecular complexity index is 610. The van der Waals surface area contributed by atoms with E-state index in [0.29, 0.717) is 15.6 Å². The van der Waals surface area contributed by atoms with Crippen molar-refractivity contribution in [2.45, 2.75) is 13.0 Å². The van der Waals surface area contributed by atoms with E-state index in [4.69, 9.17) is 23.2 Å². The summed E-state index contributed by atoms with van der Waals surface area (Å²) in [6.45, 7) is 2.08. The van der Waals surface area contributed by atoms with Crippen LogP contribution >= 0.6 is 23.2 Å². The molecule has 0 N–H and O–H groups in total. The van der Waals surface area contributed by atoms with E-state index in [0.717, 1.165) is 17.5 Å². The maximum absolute atomic E-state index is 11.2. The highest BCUT2D eigenvalue weighted by atomic mass is 35.5. The molecule has 2 rings (SSSR count). The van der Waals surface area contributed by atoms with Crippen molar-refractivity contribution in [3.8, 4) is 0 Å². The van der Waals surface area contributed by atoms with Crippen LogP contribution in [0.5, 0.6) is 0 Å². The van der Waals surface area contributed by atoms with E-state index in [-0.39, 0.29) is 6.04 Å². The first kappa shape index (κ1) is 14.9. The molecule has 0 saturated heterocycles. The number of aldehydes is 1. The summed E-state index contributed by atoms with van der Waals surface area (Å²) < 4.78 is 0. The lowest BCUT2D eigenvalue weighted by Crippen LogP contribution is -2.22. The second-order valence-corrected chi connectivity index (χ2v) is 5.53. The van der Waals surface area contributed by atoms with Crippen LogP contribution in [0.1, 0.15) is 28.9 Å². The van der Waals surface area contributed by atoms with Gasteiger partial charge in [0.2, 0.25) is 0 Å². The van der Waals surface area contributed by atoms with Crippen LogP contribution in [0, 0.1) is 0 Å². The number of benzene rings is 2. The molecular formula is C16H15Cl2NO. The van der Waals surface area contributed by atoms with Gasteiger partial charge in [0.05, 0.1) is 6.04 Å². The summed E-state index contributed by atoms with van der Waals surface area (Å²) in [5, 5.41) is 1.27. The van der Waals surface area contributed by atoms with Gasteiger partial charge in [-0.25, -0.2) is 0 Å². The van der Waals surface area contributed by atoms with Crippen LogP contribution < -0.4 is 4.90 Å². The SMILES string of the molecule is CC(c1ccc(Cl)cc1)N(C)c1ccc(Cl)cc1C=O. The molecule has 0 heterocycles. The number of halogens is 2. The summed E-state index contributed by atoms with van der Waals surface area (Å²) in [6, 6.07) is 13.1. The van der Waals surface area contributed by atoms with Crippen molar-refractivity contribution < 1.29 is 4.79 Å². The number of hydrogen-bond acceptors (Lipinski definition) is 2. The van der Waals surface area contributed by atoms with E-state index in [1.807, 2.05) is 42.3 Å². The molecule has 1 unspecified atom stereocenters. The maximum Gasteiger partial charge on any atom is 0.152 e. The molecule has 0 amide bonds. The molecule has 4 heteroatoms. The molecule has 0 aliphatic rings. The molecule has 20 heavy (non-hydrogen) atoms. The molecule has 0 radical (unpaired) electrons. The number of carbonyl (C=O) groups excluding carboxylic acids is 1. The number of hydrogen-bond donors (Lipinski definition) is 0. The van der Waals surface area contributed by atoms with Gasteiger partial charge >= 0.3 is 0 Å². The lowest BCUT2D eigenvalue weighted by atomic mass is 10.1. The monoisotopic (exact) mass is 307 g/mol. The molecule has 2 aromatic carbocycles. The first-order valence-electron chi connectivity index (χ1n) is 6.26. The second kappa shape index (κ2) is 6.29. The molecule has 0 saturated carbocycles. The fraction of sp³-hybridized carbons (Fsp3) is 0.188. The number of anilines is 1. The predicted molar refractivity (Wildman–Crippen MR) is 85.1 cm³/mol. The Morgan fingerprint density at radius 3 is 2.25 bits per heavy atom. The van der Waals surface area contributed by atoms with Gasteiger partial charge in [0.1, 0.15) is 0 Å². The first-order chi connectivity index (χ1) is 9.52. The van der Waals surface area contributed by atoms with E-state index < -0.39 is 0 Å². The lowest BCUT2D eigenvalue weighted by Gasteiger charge is -2.28. The quantitative estimate of drug-likeness (QED) is 0.741. The fourth-order valence-electron chi connectivity index (χ4n) is 2.11. The number of rotatable bonds is 4. The van der Waals surface area contributed by atoms with E-state index in [1.54, 1.807) is 12.1 Å². The molecule has 104 valence electrons. The fourth-order valence-corrected chi connectivity index (χ4v) is 2.42. The Hall–Kier alpha value is -1.51. The molecule has 2 nitrogen and oxygen atoms in total. The largest absolute Gasteiger partial charge is 0.367 e. The van der Waals surface area contributed by atoms with Gasteiger partial charge in [-0.1, -0.05) is 35.3 Å². The molecule has 0 bridgehead atoms. The molecule has 0 spiro atoms. The Morgan fingerprint density at radius 2 is 1.65 bits per heavy atom. The predicted octanol–water partition coefficient (Wildman–Crippen LogP) is 5.00. The van der Waals surface area contributed by atoms with Gasteiger partial charge in [-0.15, -0.1) is 0 Å². The minimum absolute atomic E-state index is 0.118. The lowest BCUT2D eigenvalue weighted by molar-refractivity contribution is 0.112. The highest BCUT2D eigenvalue weighted by molar-refractivity contribution is 6.31. The molecule has 0 fully saturated rings. The minimum Gasteiger partial charge on any atom is -0.367 e. The smallest absolute Gasteiger partial charge is 0.152 e. The molecule has 1 atom stereocenters. The Morgan fingerprint density at radius 1 is 1.05 bits per heavy atom. The van der Waals surface area contributed by atoms with Crippen molar-refractivity contribution >= 4 is 35.2 Å². The Kier molecular flexibility index (Phi) is 4.69. The van der Waals surface area contributed by atoms with Crippen LogP contribution in [-0.2, 0) is 0 Å². The van der Waals surface area contributed by atoms with Gasteiger partial charge in [0.15, 0.2) is 6.29 Å². The van der Waals surface area contributed by atoms with Gasteiger partial charge < -0.3 is 4.90 Å². The first-order valence-corrected chi connectivity index (χ1v) is 7.01. The van der Waals surface area contributed by atoms with Crippen molar-refractivity contribution in [2.75, 3.05) is 11.9 Å². The third kappa shape index (κ3) is 3.14. The maximum atomic E-state index is 11.2. The number of carbonyl (C=O) groups is 1. The molecule has 0 aliphatic carbocycles. The van der Waals surface area contributed by atoms with Crippen molar-refractivity contribution in [1.29, 1.82) is 0 Å². The van der Waals surface area contributed by atoms with Crippen LogP contribution in [0.4, 0.5) is 5.69 Å². The van der Waals surface area contributed by atoms with Crippen molar-refractivity contribution in [2.24, 2.45) is 0 Å². The van der Waals surface area contributed by atoms with Crippen LogP contribution in [0.15, 0.2) is 42.5 Å². The summed E-state index contributed by atoms with van der Waals surface area (Å²) in [5.41, 5.74) is 2.57. The molecule has 2 aromatic rings. The molecule has 0 aromatic heterocycles. The van der Waals surface area contributed by atoms with Crippen molar-refractivity contribution in [1.82, 2.24) is 0 Å². The third-order valence-electron chi connectivity index (χ3n) is 3.43. The van der Waals surface area contributed by atoms with Crippen molar-refractivity contribution in [3.05, 3.63) is 63.6 Å². The Balaban J connectivity index is 2.33. The van der Waals surface area contributed by atoms with Crippen LogP contribution in [-0.4, -0.2) is 13.3 Å². The molecular weight excluding hydrogens is 293 g/mol. The van der Waals surface area contributed by atoms with Gasteiger partial charge in [-0.2, -0.15) is 0 Å². The second-order valence-electron chi connectivity index (χ2n) is 4.66. The zero-order valence-corrected chi connectivity index (χ0v) is 12.8. The minimum atomic E-state index is 0.118. The summed E-state index contributed by atoms with van der Waals surface area (Å²) in [7, 11) is 1.95. The van der Waals surface area contributed by atoms with Gasteiger partial charge in [-0.05, 0) is 42.8 Å². The Labute approximate surface area is 128 Å². The van der Waals surface area contributed by atoms with Gasteiger partial charge in [0.25, 0.3) is 0 Å². The van der Waals surface area contributed by atoms with Crippen molar-refractivity contribution in [3.63, 3.8) is 0 Å². The van der Waals surface area contributed by atoms with E-state index >= 15 is 0 Å². The number of nitrogens with zero attached hydrogens (tertiary/aromatic N) is 1. The van der Waals surface area contributed by atoms with Crippen LogP contribution in [0.2, 0.25) is 10.0 Å². The van der Waals surface area contributed by atoms with E-state index in [1.165, 1.54) is 0 Å². The average molecular weight is 308 g/mol. The summed E-state index contributed by atoms with van der Waals surface area (Å²) >= 11 is 11.8. The summed E-state index contributed by atoms with van der Waals surface area (Å²) in [5.74, 6) is 0. The van der Waals surface area contributed by atoms with E-state index in [2.05, 4.69) is 6.92 Å². The zero-order valence-electron chi connectivity index (χ0n) is 11.3. The normalized spacial score (nSPS) is 12.0. The van der Waals surface area contributed by atoms with Gasteiger partial charge in [-0.3, -0.25) is 4.79 Å². The van der Waals surface area contributed by atoms with Crippen LogP contribution in [0.25, 0.3) is 0 Å². The zero-order chi connectivity index (χ0) is 14.7. The summed E-state index contributed by atoms with van der Waals surface area (Å²) in [6.07, 6.45) is 0.826. The van der Waals surface area contributed by atoms with E-state index in [9.17, 15) is 4.79 Å². The highest BCUT2D eigenvalue weighted by Crippen LogP contribution is 2.29.